The van der Waals surface area contributed by atoms with Gasteiger partial charge in [0.25, 0.3) is 0 Å². The zero-order chi connectivity index (χ0) is 24.0. The van der Waals surface area contributed by atoms with Crippen LogP contribution in [0, 0.1) is 5.82 Å². The highest BCUT2D eigenvalue weighted by Gasteiger charge is 2.24. The largest absolute Gasteiger partial charge is 0.444 e. The van der Waals surface area contributed by atoms with Gasteiger partial charge in [-0.1, -0.05) is 12.1 Å². The first-order valence-corrected chi connectivity index (χ1v) is 13.2. The third kappa shape index (κ3) is 5.25. The summed E-state index contributed by atoms with van der Waals surface area (Å²) in [5.74, 6) is -0.616. The molecule has 0 N–H and O–H groups in total. The standard InChI is InChI=1S/C24H25FN2O4S2/c1-24(2,3)31-23(28)27-11-9-15(10-12-27)16-5-8-20-21(13-16)32-22(26-20)18-7-6-17(14-19(18)25)33(4,29)30/h5-9,13-14H,10-12H2,1-4H3. The summed E-state index contributed by atoms with van der Waals surface area (Å²) >= 11 is 1.36. The van der Waals surface area contributed by atoms with E-state index in [-0.39, 0.29) is 16.6 Å². The van der Waals surface area contributed by atoms with Crippen molar-refractivity contribution in [2.45, 2.75) is 37.7 Å². The van der Waals surface area contributed by atoms with Gasteiger partial charge in [-0.3, -0.25) is 0 Å². The average Bonchev–Trinajstić information content (AvgIpc) is 3.15. The van der Waals surface area contributed by atoms with Crippen LogP contribution in [0.15, 0.2) is 47.4 Å². The zero-order valence-corrected chi connectivity index (χ0v) is 20.5. The Balaban J connectivity index is 1.56. The maximum absolute atomic E-state index is 14.6. The quantitative estimate of drug-likeness (QED) is 0.484. The first-order chi connectivity index (χ1) is 15.4. The molecule has 1 aromatic heterocycles. The van der Waals surface area contributed by atoms with E-state index in [1.54, 1.807) is 4.90 Å². The van der Waals surface area contributed by atoms with Crippen molar-refractivity contribution in [1.29, 1.82) is 0 Å². The molecule has 9 heteroatoms. The molecule has 33 heavy (non-hydrogen) atoms. The highest BCUT2D eigenvalue weighted by molar-refractivity contribution is 7.90. The number of carbonyl (C=O) groups is 1. The molecule has 4 rings (SSSR count). The van der Waals surface area contributed by atoms with E-state index in [2.05, 4.69) is 4.98 Å². The Morgan fingerprint density at radius 1 is 1.18 bits per heavy atom. The average molecular weight is 489 g/mol. The topological polar surface area (TPSA) is 76.6 Å². The number of halogens is 1. The van der Waals surface area contributed by atoms with Gasteiger partial charge in [0.15, 0.2) is 9.84 Å². The number of thiazole rings is 1. The van der Waals surface area contributed by atoms with E-state index < -0.39 is 21.3 Å². The van der Waals surface area contributed by atoms with Crippen LogP contribution >= 0.6 is 11.3 Å². The molecule has 0 radical (unpaired) electrons. The predicted molar refractivity (Wildman–Crippen MR) is 129 cm³/mol. The Morgan fingerprint density at radius 3 is 2.55 bits per heavy atom. The molecule has 1 aliphatic heterocycles. The molecule has 2 aromatic carbocycles. The molecular weight excluding hydrogens is 463 g/mol. The molecule has 174 valence electrons. The fraction of sp³-hybridized carbons (Fsp3) is 0.333. The Kier molecular flexibility index (Phi) is 6.05. The van der Waals surface area contributed by atoms with Crippen molar-refractivity contribution in [2.24, 2.45) is 0 Å². The normalized spacial score (nSPS) is 14.9. The summed E-state index contributed by atoms with van der Waals surface area (Å²) in [5, 5.41) is 0.494. The number of hydrogen-bond donors (Lipinski definition) is 0. The van der Waals surface area contributed by atoms with Crippen LogP contribution in [0.2, 0.25) is 0 Å². The van der Waals surface area contributed by atoms with Gasteiger partial charge in [-0.15, -0.1) is 11.3 Å². The van der Waals surface area contributed by atoms with Crippen molar-refractivity contribution in [3.05, 3.63) is 53.9 Å². The van der Waals surface area contributed by atoms with Crippen LogP contribution in [0.1, 0.15) is 32.8 Å². The van der Waals surface area contributed by atoms with E-state index in [4.69, 9.17) is 4.74 Å². The lowest BCUT2D eigenvalue weighted by Crippen LogP contribution is -2.39. The second-order valence-electron chi connectivity index (χ2n) is 9.02. The van der Waals surface area contributed by atoms with E-state index in [0.717, 1.165) is 33.7 Å². The molecule has 0 bridgehead atoms. The summed E-state index contributed by atoms with van der Waals surface area (Å²) in [6, 6.07) is 9.78. The lowest BCUT2D eigenvalue weighted by molar-refractivity contribution is 0.0270. The highest BCUT2D eigenvalue weighted by Crippen LogP contribution is 2.35. The number of rotatable bonds is 3. The molecule has 0 saturated heterocycles. The van der Waals surface area contributed by atoms with Gasteiger partial charge in [0.1, 0.15) is 16.4 Å². The third-order valence-corrected chi connectivity index (χ3v) is 7.38. The van der Waals surface area contributed by atoms with Crippen LogP contribution in [0.3, 0.4) is 0 Å². The Bertz CT molecular complexity index is 1370. The van der Waals surface area contributed by atoms with E-state index in [1.165, 1.54) is 23.5 Å². The number of nitrogens with zero attached hydrogens (tertiary/aromatic N) is 2. The van der Waals surface area contributed by atoms with Crippen LogP contribution in [-0.2, 0) is 14.6 Å². The Hall–Kier alpha value is -2.78. The number of carbonyl (C=O) groups excluding carboxylic acids is 1. The minimum Gasteiger partial charge on any atom is -0.444 e. The van der Waals surface area contributed by atoms with Crippen molar-refractivity contribution in [1.82, 2.24) is 9.88 Å². The van der Waals surface area contributed by atoms with Gasteiger partial charge in [-0.2, -0.15) is 0 Å². The number of benzene rings is 2. The number of hydrogen-bond acceptors (Lipinski definition) is 6. The summed E-state index contributed by atoms with van der Waals surface area (Å²) in [5.41, 5.74) is 2.66. The van der Waals surface area contributed by atoms with Crippen molar-refractivity contribution in [2.75, 3.05) is 19.3 Å². The fourth-order valence-electron chi connectivity index (χ4n) is 3.56. The Morgan fingerprint density at radius 2 is 1.94 bits per heavy atom. The molecule has 0 saturated carbocycles. The maximum atomic E-state index is 14.6. The molecule has 2 heterocycles. The van der Waals surface area contributed by atoms with E-state index >= 15 is 0 Å². The van der Waals surface area contributed by atoms with E-state index in [0.29, 0.717) is 24.5 Å². The van der Waals surface area contributed by atoms with Crippen LogP contribution in [0.5, 0.6) is 0 Å². The lowest BCUT2D eigenvalue weighted by atomic mass is 9.99. The van der Waals surface area contributed by atoms with Crippen molar-refractivity contribution < 1.29 is 22.3 Å². The van der Waals surface area contributed by atoms with Gasteiger partial charge in [0, 0.05) is 24.9 Å². The molecular formula is C24H25FN2O4S2. The van der Waals surface area contributed by atoms with Crippen molar-refractivity contribution >= 4 is 43.1 Å². The molecule has 0 spiro atoms. The first kappa shape index (κ1) is 23.4. The van der Waals surface area contributed by atoms with Crippen LogP contribution in [0.4, 0.5) is 9.18 Å². The number of aromatic nitrogens is 1. The summed E-state index contributed by atoms with van der Waals surface area (Å²) in [7, 11) is -3.48. The molecule has 0 atom stereocenters. The molecule has 6 nitrogen and oxygen atoms in total. The van der Waals surface area contributed by atoms with E-state index in [9.17, 15) is 17.6 Å². The van der Waals surface area contributed by atoms with Gasteiger partial charge in [0.2, 0.25) is 0 Å². The second kappa shape index (κ2) is 8.53. The number of fused-ring (bicyclic) bond motifs is 1. The van der Waals surface area contributed by atoms with Crippen LogP contribution in [0.25, 0.3) is 26.4 Å². The molecule has 1 amide bonds. The number of amides is 1. The molecule has 3 aromatic rings. The van der Waals surface area contributed by atoms with Gasteiger partial charge in [-0.25, -0.2) is 22.6 Å². The molecule has 0 aliphatic carbocycles. The summed E-state index contributed by atoms with van der Waals surface area (Å²) in [6.07, 6.45) is 3.47. The summed E-state index contributed by atoms with van der Waals surface area (Å²) in [6.45, 7) is 6.60. The van der Waals surface area contributed by atoms with Crippen molar-refractivity contribution in [3.63, 3.8) is 0 Å². The number of sulfone groups is 1. The van der Waals surface area contributed by atoms with Gasteiger partial charge < -0.3 is 9.64 Å². The third-order valence-electron chi connectivity index (χ3n) is 5.22. The highest BCUT2D eigenvalue weighted by atomic mass is 32.2. The molecule has 1 aliphatic rings. The Labute approximate surface area is 196 Å². The smallest absolute Gasteiger partial charge is 0.410 e. The second-order valence-corrected chi connectivity index (χ2v) is 12.1. The first-order valence-electron chi connectivity index (χ1n) is 10.5. The number of ether oxygens (including phenoxy) is 1. The predicted octanol–water partition coefficient (Wildman–Crippen LogP) is 5.53. The summed E-state index contributed by atoms with van der Waals surface area (Å²) < 4.78 is 44.3. The van der Waals surface area contributed by atoms with Crippen LogP contribution < -0.4 is 0 Å². The minimum absolute atomic E-state index is 0.0585. The van der Waals surface area contributed by atoms with Gasteiger partial charge >= 0.3 is 6.09 Å². The molecule has 0 fully saturated rings. The van der Waals surface area contributed by atoms with Crippen molar-refractivity contribution in [3.8, 4) is 10.6 Å². The molecule has 0 unspecified atom stereocenters. The lowest BCUT2D eigenvalue weighted by Gasteiger charge is -2.29. The van der Waals surface area contributed by atoms with E-state index in [1.807, 2.05) is 45.0 Å². The van der Waals surface area contributed by atoms with Crippen LogP contribution in [-0.4, -0.2) is 49.3 Å². The minimum atomic E-state index is -3.48. The maximum Gasteiger partial charge on any atom is 0.410 e. The van der Waals surface area contributed by atoms with Gasteiger partial charge in [0.05, 0.1) is 15.1 Å². The fourth-order valence-corrected chi connectivity index (χ4v) is 5.23. The summed E-state index contributed by atoms with van der Waals surface area (Å²) in [4.78, 5) is 18.4. The van der Waals surface area contributed by atoms with Gasteiger partial charge in [-0.05, 0) is 68.7 Å². The SMILES string of the molecule is CC(C)(C)OC(=O)N1CC=C(c2ccc3nc(-c4ccc(S(C)(=O)=O)cc4F)sc3c2)CC1. The monoisotopic (exact) mass is 488 g/mol. The zero-order valence-electron chi connectivity index (χ0n) is 18.9.